The number of hydrogen-bond donors (Lipinski definition) is 1. The van der Waals surface area contributed by atoms with Crippen LogP contribution in [0.2, 0.25) is 0 Å². The third-order valence-electron chi connectivity index (χ3n) is 3.35. The summed E-state index contributed by atoms with van der Waals surface area (Å²) in [7, 11) is 0. The minimum atomic E-state index is -0.358. The molecular weight excluding hydrogens is 224 g/mol. The monoisotopic (exact) mass is 250 g/mol. The van der Waals surface area contributed by atoms with Crippen molar-refractivity contribution in [2.45, 2.75) is 59.2 Å². The molecule has 0 aromatic heterocycles. The van der Waals surface area contributed by atoms with Gasteiger partial charge in [0.2, 0.25) is 0 Å². The molecule has 1 rings (SSSR count). The van der Waals surface area contributed by atoms with Gasteiger partial charge in [0.1, 0.15) is 5.75 Å². The molecule has 1 aromatic carbocycles. The molecule has 18 heavy (non-hydrogen) atoms. The predicted molar refractivity (Wildman–Crippen MR) is 75.9 cm³/mol. The van der Waals surface area contributed by atoms with Crippen LogP contribution in [0.4, 0.5) is 0 Å². The quantitative estimate of drug-likeness (QED) is 0.780. The van der Waals surface area contributed by atoms with Crippen LogP contribution in [-0.2, 0) is 0 Å². The number of aliphatic hydroxyl groups is 1. The van der Waals surface area contributed by atoms with Gasteiger partial charge in [0.15, 0.2) is 0 Å². The van der Waals surface area contributed by atoms with Crippen molar-refractivity contribution in [3.05, 3.63) is 29.8 Å². The van der Waals surface area contributed by atoms with Crippen LogP contribution in [-0.4, -0.2) is 11.2 Å². The third kappa shape index (κ3) is 4.69. The number of rotatable bonds is 7. The summed E-state index contributed by atoms with van der Waals surface area (Å²) in [6.45, 7) is 8.38. The maximum atomic E-state index is 10.2. The molecule has 0 spiro atoms. The molecule has 0 aliphatic rings. The lowest BCUT2D eigenvalue weighted by atomic mass is 9.93. The Balaban J connectivity index is 2.61. The predicted octanol–water partition coefficient (Wildman–Crippen LogP) is 4.33. The molecule has 1 aromatic rings. The molecule has 0 fully saturated rings. The van der Waals surface area contributed by atoms with Crippen molar-refractivity contribution in [1.82, 2.24) is 0 Å². The summed E-state index contributed by atoms with van der Waals surface area (Å²) in [5.41, 5.74) is 0.984. The zero-order valence-electron chi connectivity index (χ0n) is 12.0. The maximum absolute atomic E-state index is 10.2. The van der Waals surface area contributed by atoms with E-state index in [1.807, 2.05) is 38.1 Å². The van der Waals surface area contributed by atoms with Gasteiger partial charge in [0.05, 0.1) is 12.2 Å². The average Bonchev–Trinajstić information content (AvgIpc) is 2.35. The van der Waals surface area contributed by atoms with Crippen LogP contribution < -0.4 is 4.74 Å². The number of benzene rings is 1. The number of aliphatic hydroxyl groups excluding tert-OH is 1. The van der Waals surface area contributed by atoms with Crippen LogP contribution in [0.15, 0.2) is 24.3 Å². The Morgan fingerprint density at radius 1 is 1.06 bits per heavy atom. The molecule has 0 aliphatic carbocycles. The van der Waals surface area contributed by atoms with E-state index < -0.39 is 0 Å². The first-order valence-corrected chi connectivity index (χ1v) is 7.01. The molecule has 0 heterocycles. The van der Waals surface area contributed by atoms with Crippen molar-refractivity contribution >= 4 is 0 Å². The van der Waals surface area contributed by atoms with Gasteiger partial charge in [0, 0.05) is 0 Å². The van der Waals surface area contributed by atoms with E-state index in [4.69, 9.17) is 4.74 Å². The van der Waals surface area contributed by atoms with Crippen molar-refractivity contribution in [1.29, 1.82) is 0 Å². The summed E-state index contributed by atoms with van der Waals surface area (Å²) in [5, 5.41) is 10.2. The zero-order valence-corrected chi connectivity index (χ0v) is 12.0. The Bertz CT molecular complexity index is 325. The van der Waals surface area contributed by atoms with Gasteiger partial charge in [-0.15, -0.1) is 0 Å². The Labute approximate surface area is 111 Å². The molecule has 2 heteroatoms. The third-order valence-corrected chi connectivity index (χ3v) is 3.35. The van der Waals surface area contributed by atoms with E-state index in [0.717, 1.165) is 30.6 Å². The van der Waals surface area contributed by atoms with Crippen LogP contribution >= 0.6 is 0 Å². The topological polar surface area (TPSA) is 29.5 Å². The Morgan fingerprint density at radius 3 is 2.06 bits per heavy atom. The molecule has 0 saturated heterocycles. The van der Waals surface area contributed by atoms with E-state index in [9.17, 15) is 5.11 Å². The summed E-state index contributed by atoms with van der Waals surface area (Å²) in [4.78, 5) is 0. The highest BCUT2D eigenvalue weighted by Crippen LogP contribution is 2.26. The van der Waals surface area contributed by atoms with Gasteiger partial charge >= 0.3 is 0 Å². The minimum Gasteiger partial charge on any atom is -0.491 e. The minimum absolute atomic E-state index is 0.185. The van der Waals surface area contributed by atoms with Gasteiger partial charge in [-0.25, -0.2) is 0 Å². The first kappa shape index (κ1) is 15.0. The lowest BCUT2D eigenvalue weighted by Crippen LogP contribution is -2.07. The van der Waals surface area contributed by atoms with E-state index in [2.05, 4.69) is 13.8 Å². The number of hydrogen-bond acceptors (Lipinski definition) is 2. The standard InChI is InChI=1S/C16H26O2/c1-5-13(6-2)11-16(17)14-7-9-15(10-8-14)18-12(3)4/h7-10,12-13,16-17H,5-6,11H2,1-4H3. The highest BCUT2D eigenvalue weighted by Gasteiger charge is 2.13. The molecule has 2 nitrogen and oxygen atoms in total. The van der Waals surface area contributed by atoms with Gasteiger partial charge in [-0.05, 0) is 43.9 Å². The van der Waals surface area contributed by atoms with E-state index in [1.54, 1.807) is 0 Å². The SMILES string of the molecule is CCC(CC)CC(O)c1ccc(OC(C)C)cc1. The zero-order chi connectivity index (χ0) is 13.5. The van der Waals surface area contributed by atoms with Crippen LogP contribution in [0.25, 0.3) is 0 Å². The summed E-state index contributed by atoms with van der Waals surface area (Å²) < 4.78 is 5.59. The second-order valence-corrected chi connectivity index (χ2v) is 5.17. The van der Waals surface area contributed by atoms with Gasteiger partial charge < -0.3 is 9.84 Å². The van der Waals surface area contributed by atoms with Gasteiger partial charge in [-0.2, -0.15) is 0 Å². The molecule has 1 unspecified atom stereocenters. The fraction of sp³-hybridized carbons (Fsp3) is 0.625. The van der Waals surface area contributed by atoms with Crippen LogP contribution in [0.3, 0.4) is 0 Å². The van der Waals surface area contributed by atoms with Crippen LogP contribution in [0, 0.1) is 5.92 Å². The lowest BCUT2D eigenvalue weighted by Gasteiger charge is -2.18. The van der Waals surface area contributed by atoms with Crippen molar-refractivity contribution in [2.75, 3.05) is 0 Å². The first-order chi connectivity index (χ1) is 8.56. The molecule has 102 valence electrons. The highest BCUT2D eigenvalue weighted by molar-refractivity contribution is 5.28. The Kier molecular flexibility index (Phi) is 6.20. The average molecular weight is 250 g/mol. The molecule has 1 atom stereocenters. The molecule has 0 aliphatic heterocycles. The van der Waals surface area contributed by atoms with Crippen molar-refractivity contribution in [2.24, 2.45) is 5.92 Å². The largest absolute Gasteiger partial charge is 0.491 e. The summed E-state index contributed by atoms with van der Waals surface area (Å²) in [5.74, 6) is 1.47. The van der Waals surface area contributed by atoms with Crippen LogP contribution in [0.1, 0.15) is 58.6 Å². The second-order valence-electron chi connectivity index (χ2n) is 5.17. The normalized spacial score (nSPS) is 13.1. The molecule has 1 N–H and O–H groups in total. The Hall–Kier alpha value is -1.02. The van der Waals surface area contributed by atoms with Crippen molar-refractivity contribution in [3.63, 3.8) is 0 Å². The van der Waals surface area contributed by atoms with Gasteiger partial charge in [-0.1, -0.05) is 38.8 Å². The molecule has 0 radical (unpaired) electrons. The fourth-order valence-electron chi connectivity index (χ4n) is 2.11. The summed E-state index contributed by atoms with van der Waals surface area (Å²) >= 11 is 0. The van der Waals surface area contributed by atoms with E-state index in [1.165, 1.54) is 0 Å². The summed E-state index contributed by atoms with van der Waals surface area (Å²) in [6, 6.07) is 7.80. The first-order valence-electron chi connectivity index (χ1n) is 7.01. The van der Waals surface area contributed by atoms with Crippen molar-refractivity contribution < 1.29 is 9.84 Å². The van der Waals surface area contributed by atoms with E-state index in [-0.39, 0.29) is 12.2 Å². The highest BCUT2D eigenvalue weighted by atomic mass is 16.5. The Morgan fingerprint density at radius 2 is 1.61 bits per heavy atom. The second kappa shape index (κ2) is 7.42. The molecular formula is C16H26O2. The molecule has 0 saturated carbocycles. The molecule has 0 amide bonds. The van der Waals surface area contributed by atoms with Crippen molar-refractivity contribution in [3.8, 4) is 5.75 Å². The lowest BCUT2D eigenvalue weighted by molar-refractivity contribution is 0.141. The fourth-order valence-corrected chi connectivity index (χ4v) is 2.11. The molecule has 0 bridgehead atoms. The van der Waals surface area contributed by atoms with E-state index in [0.29, 0.717) is 5.92 Å². The van der Waals surface area contributed by atoms with Gasteiger partial charge in [-0.3, -0.25) is 0 Å². The van der Waals surface area contributed by atoms with Crippen LogP contribution in [0.5, 0.6) is 5.75 Å². The van der Waals surface area contributed by atoms with Gasteiger partial charge in [0.25, 0.3) is 0 Å². The summed E-state index contributed by atoms with van der Waals surface area (Å²) in [6.07, 6.45) is 2.93. The maximum Gasteiger partial charge on any atom is 0.119 e. The van der Waals surface area contributed by atoms with E-state index >= 15 is 0 Å². The smallest absolute Gasteiger partial charge is 0.119 e. The number of ether oxygens (including phenoxy) is 1.